The number of benzene rings is 1. The first kappa shape index (κ1) is 21.8. The van der Waals surface area contributed by atoms with E-state index in [-0.39, 0.29) is 5.69 Å². The van der Waals surface area contributed by atoms with Crippen LogP contribution in [0.1, 0.15) is 56.6 Å². The molecule has 1 radical (unpaired) electrons. The van der Waals surface area contributed by atoms with Crippen LogP contribution in [0.4, 0.5) is 18.9 Å². The Morgan fingerprint density at radius 1 is 1.13 bits per heavy atom. The number of rotatable bonds is 6. The first-order valence-corrected chi connectivity index (χ1v) is 11.0. The summed E-state index contributed by atoms with van der Waals surface area (Å²) in [5, 5.41) is 3.33. The van der Waals surface area contributed by atoms with Gasteiger partial charge in [-0.2, -0.15) is 13.2 Å². The van der Waals surface area contributed by atoms with Gasteiger partial charge in [0.2, 0.25) is 0 Å². The summed E-state index contributed by atoms with van der Waals surface area (Å²) in [6.07, 6.45) is 4.19. The highest BCUT2D eigenvalue weighted by atomic mass is 19.4. The molecule has 4 nitrogen and oxygen atoms in total. The van der Waals surface area contributed by atoms with Crippen LogP contribution in [0.25, 0.3) is 11.3 Å². The molecule has 0 spiro atoms. The van der Waals surface area contributed by atoms with Gasteiger partial charge in [0.1, 0.15) is 12.4 Å². The minimum absolute atomic E-state index is 0.0573. The third-order valence-corrected chi connectivity index (χ3v) is 6.21. The zero-order valence-electron chi connectivity index (χ0n) is 17.8. The highest BCUT2D eigenvalue weighted by Gasteiger charge is 2.34. The van der Waals surface area contributed by atoms with Gasteiger partial charge in [-0.1, -0.05) is 38.3 Å². The van der Waals surface area contributed by atoms with Crippen LogP contribution in [-0.4, -0.2) is 34.9 Å². The van der Waals surface area contributed by atoms with Crippen molar-refractivity contribution in [2.45, 2.75) is 57.7 Å². The lowest BCUT2D eigenvalue weighted by Gasteiger charge is -2.33. The predicted molar refractivity (Wildman–Crippen MR) is 118 cm³/mol. The maximum Gasteiger partial charge on any atom is 0.418 e. The SMILES string of the molecule is CCN(CCC1=N[CH]c2ccc(-c3ncccc3C(F)(F)F)cc2N1)C1CCCCC1. The van der Waals surface area contributed by atoms with Crippen LogP contribution in [-0.2, 0) is 6.18 Å². The van der Waals surface area contributed by atoms with Crippen molar-refractivity contribution in [3.05, 3.63) is 54.2 Å². The highest BCUT2D eigenvalue weighted by molar-refractivity contribution is 5.99. The average Bonchev–Trinajstić information content (AvgIpc) is 2.79. The van der Waals surface area contributed by atoms with E-state index in [2.05, 4.69) is 27.1 Å². The minimum atomic E-state index is -4.45. The van der Waals surface area contributed by atoms with Gasteiger partial charge >= 0.3 is 6.18 Å². The number of halogens is 3. The van der Waals surface area contributed by atoms with E-state index in [1.807, 2.05) is 0 Å². The van der Waals surface area contributed by atoms with Crippen LogP contribution in [0, 0.1) is 6.54 Å². The molecular weight excluding hydrogens is 401 g/mol. The third kappa shape index (κ3) is 5.09. The summed E-state index contributed by atoms with van der Waals surface area (Å²) in [5.74, 6) is 0.843. The Kier molecular flexibility index (Phi) is 6.60. The molecule has 4 rings (SSSR count). The average molecular weight is 430 g/mol. The van der Waals surface area contributed by atoms with Crippen molar-refractivity contribution in [3.63, 3.8) is 0 Å². The van der Waals surface area contributed by atoms with E-state index in [0.29, 0.717) is 11.6 Å². The first-order valence-electron chi connectivity index (χ1n) is 11.0. The number of amidine groups is 1. The fourth-order valence-electron chi connectivity index (χ4n) is 4.55. The Balaban J connectivity index is 1.47. The molecule has 1 aromatic heterocycles. The van der Waals surface area contributed by atoms with Crippen LogP contribution in [0.15, 0.2) is 41.5 Å². The van der Waals surface area contributed by atoms with Crippen LogP contribution < -0.4 is 5.32 Å². The van der Waals surface area contributed by atoms with Gasteiger partial charge in [-0.3, -0.25) is 9.98 Å². The summed E-state index contributed by atoms with van der Waals surface area (Å²) >= 11 is 0. The van der Waals surface area contributed by atoms with Crippen molar-refractivity contribution in [1.82, 2.24) is 9.88 Å². The molecule has 2 heterocycles. The Hall–Kier alpha value is -2.41. The number of fused-ring (bicyclic) bond motifs is 1. The van der Waals surface area contributed by atoms with Gasteiger partial charge in [0, 0.05) is 42.0 Å². The number of alkyl halides is 3. The summed E-state index contributed by atoms with van der Waals surface area (Å²) in [6, 6.07) is 8.21. The normalized spacial score (nSPS) is 17.3. The van der Waals surface area contributed by atoms with E-state index in [1.165, 1.54) is 44.4 Å². The molecule has 1 aliphatic heterocycles. The molecule has 0 unspecified atom stereocenters. The van der Waals surface area contributed by atoms with E-state index in [9.17, 15) is 13.2 Å². The lowest BCUT2D eigenvalue weighted by Crippen LogP contribution is -2.38. The van der Waals surface area contributed by atoms with E-state index in [1.54, 1.807) is 24.7 Å². The van der Waals surface area contributed by atoms with E-state index >= 15 is 0 Å². The monoisotopic (exact) mass is 429 g/mol. The fourth-order valence-corrected chi connectivity index (χ4v) is 4.55. The number of aliphatic imine (C=N–C) groups is 1. The summed E-state index contributed by atoms with van der Waals surface area (Å²) in [5.41, 5.74) is 1.28. The Bertz CT molecular complexity index is 933. The predicted octanol–water partition coefficient (Wildman–Crippen LogP) is 6.15. The number of nitrogens with one attached hydrogen (secondary N) is 1. The molecule has 0 atom stereocenters. The molecule has 2 aromatic rings. The van der Waals surface area contributed by atoms with Crippen molar-refractivity contribution >= 4 is 11.5 Å². The molecule has 31 heavy (non-hydrogen) atoms. The third-order valence-electron chi connectivity index (χ3n) is 6.21. The Morgan fingerprint density at radius 2 is 1.94 bits per heavy atom. The molecule has 0 amide bonds. The number of pyridine rings is 1. The van der Waals surface area contributed by atoms with Gasteiger partial charge < -0.3 is 10.2 Å². The second-order valence-electron chi connectivity index (χ2n) is 8.20. The van der Waals surface area contributed by atoms with Crippen molar-refractivity contribution in [2.75, 3.05) is 18.4 Å². The van der Waals surface area contributed by atoms with Gasteiger partial charge in [-0.25, -0.2) is 0 Å². The van der Waals surface area contributed by atoms with E-state index < -0.39 is 11.7 Å². The molecule has 0 saturated heterocycles. The quantitative estimate of drug-likeness (QED) is 0.599. The Morgan fingerprint density at radius 3 is 2.68 bits per heavy atom. The zero-order valence-corrected chi connectivity index (χ0v) is 17.8. The molecular formula is C24H28F3N4. The second-order valence-corrected chi connectivity index (χ2v) is 8.20. The fraction of sp³-hybridized carbons (Fsp3) is 0.458. The van der Waals surface area contributed by atoms with Gasteiger partial charge in [0.05, 0.1) is 11.3 Å². The highest BCUT2D eigenvalue weighted by Crippen LogP contribution is 2.37. The largest absolute Gasteiger partial charge is 0.418 e. The topological polar surface area (TPSA) is 40.5 Å². The van der Waals surface area contributed by atoms with E-state index in [0.717, 1.165) is 42.7 Å². The van der Waals surface area contributed by atoms with Gasteiger partial charge in [0.15, 0.2) is 0 Å². The zero-order chi connectivity index (χ0) is 21.8. The smallest absolute Gasteiger partial charge is 0.344 e. The molecule has 7 heteroatoms. The lowest BCUT2D eigenvalue weighted by molar-refractivity contribution is -0.137. The summed E-state index contributed by atoms with van der Waals surface area (Å²) in [7, 11) is 0. The number of nitrogens with zero attached hydrogens (tertiary/aromatic N) is 3. The van der Waals surface area contributed by atoms with Gasteiger partial charge in [-0.05, 0) is 37.6 Å². The van der Waals surface area contributed by atoms with Crippen molar-refractivity contribution in [3.8, 4) is 11.3 Å². The van der Waals surface area contributed by atoms with Crippen molar-refractivity contribution in [2.24, 2.45) is 4.99 Å². The number of hydrogen-bond donors (Lipinski definition) is 1. The number of anilines is 1. The molecule has 1 aliphatic carbocycles. The first-order chi connectivity index (χ1) is 15.0. The van der Waals surface area contributed by atoms with Gasteiger partial charge in [0.25, 0.3) is 0 Å². The summed E-state index contributed by atoms with van der Waals surface area (Å²) in [4.78, 5) is 11.1. The lowest BCUT2D eigenvalue weighted by atomic mass is 9.94. The minimum Gasteiger partial charge on any atom is -0.344 e. The van der Waals surface area contributed by atoms with Gasteiger partial charge in [-0.15, -0.1) is 0 Å². The summed E-state index contributed by atoms with van der Waals surface area (Å²) in [6.45, 7) is 5.92. The van der Waals surface area contributed by atoms with Crippen molar-refractivity contribution < 1.29 is 13.2 Å². The molecule has 1 N–H and O–H groups in total. The van der Waals surface area contributed by atoms with Crippen LogP contribution in [0.5, 0.6) is 0 Å². The second kappa shape index (κ2) is 9.39. The molecule has 2 aliphatic rings. The molecule has 1 aromatic carbocycles. The maximum atomic E-state index is 13.4. The van der Waals surface area contributed by atoms with Crippen LogP contribution in [0.2, 0.25) is 0 Å². The molecule has 0 bridgehead atoms. The van der Waals surface area contributed by atoms with Crippen molar-refractivity contribution in [1.29, 1.82) is 0 Å². The molecule has 1 saturated carbocycles. The van der Waals surface area contributed by atoms with Crippen LogP contribution >= 0.6 is 0 Å². The summed E-state index contributed by atoms with van der Waals surface area (Å²) < 4.78 is 40.2. The maximum absolute atomic E-state index is 13.4. The van der Waals surface area contributed by atoms with E-state index in [4.69, 9.17) is 0 Å². The molecule has 165 valence electrons. The number of hydrogen-bond acceptors (Lipinski definition) is 4. The van der Waals surface area contributed by atoms with Crippen LogP contribution in [0.3, 0.4) is 0 Å². The number of aromatic nitrogens is 1. The Labute approximate surface area is 181 Å². The molecule has 1 fully saturated rings. The standard InChI is InChI=1S/C24H28F3N4/c1-2-31(19-7-4-3-5-8-19)14-12-22-29-16-18-11-10-17(15-21(18)30-22)23-20(24(25,26)27)9-6-13-28-23/h6,9-11,13,15-16,19H,2-5,7-8,12,14H2,1H3,(H,29,30).